The average molecular weight is 359 g/mol. The van der Waals surface area contributed by atoms with Gasteiger partial charge in [-0.3, -0.25) is 4.79 Å². The predicted molar refractivity (Wildman–Crippen MR) is 95.3 cm³/mol. The summed E-state index contributed by atoms with van der Waals surface area (Å²) in [7, 11) is 0. The molecule has 3 aromatic rings. The Morgan fingerprint density at radius 3 is 2.88 bits per heavy atom. The summed E-state index contributed by atoms with van der Waals surface area (Å²) in [5.41, 5.74) is 0. The van der Waals surface area contributed by atoms with Gasteiger partial charge in [-0.15, -0.1) is 11.3 Å². The summed E-state index contributed by atoms with van der Waals surface area (Å²) >= 11 is 3.16. The molecule has 0 bridgehead atoms. The van der Waals surface area contributed by atoms with Crippen LogP contribution in [0.15, 0.2) is 57.7 Å². The summed E-state index contributed by atoms with van der Waals surface area (Å²) in [6, 6.07) is 9.43. The quantitative estimate of drug-likeness (QED) is 0.513. The Morgan fingerprint density at radius 1 is 1.29 bits per heavy atom. The maximum atomic E-state index is 12.2. The second-order valence-corrected chi connectivity index (χ2v) is 7.22. The Hall–Kier alpha value is -2.12. The number of rotatable bonds is 7. The van der Waals surface area contributed by atoms with Crippen LogP contribution in [0.25, 0.3) is 0 Å². The van der Waals surface area contributed by atoms with E-state index in [0.717, 1.165) is 12.2 Å². The third-order valence-corrected chi connectivity index (χ3v) is 5.03. The number of carbonyl (C=O) groups is 1. The number of nitrogens with zero attached hydrogens (tertiary/aromatic N) is 2. The number of hydrogen-bond donors (Lipinski definition) is 1. The van der Waals surface area contributed by atoms with E-state index in [1.807, 2.05) is 24.4 Å². The first-order chi connectivity index (χ1) is 11.7. The van der Waals surface area contributed by atoms with Gasteiger partial charge in [0, 0.05) is 29.7 Å². The van der Waals surface area contributed by atoms with Crippen molar-refractivity contribution < 1.29 is 9.21 Å². The number of hydrogen-bond acceptors (Lipinski definition) is 6. The molecule has 0 fully saturated rings. The van der Waals surface area contributed by atoms with Gasteiger partial charge in [-0.05, 0) is 36.6 Å². The number of carbonyl (C=O) groups excluding carboxylic acids is 1. The number of amides is 1. The minimum atomic E-state index is -0.189. The van der Waals surface area contributed by atoms with Crippen LogP contribution in [0, 0.1) is 0 Å². The molecule has 5 nitrogen and oxygen atoms in total. The molecule has 0 radical (unpaired) electrons. The van der Waals surface area contributed by atoms with Gasteiger partial charge >= 0.3 is 0 Å². The highest BCUT2D eigenvalue weighted by atomic mass is 32.2. The van der Waals surface area contributed by atoms with E-state index >= 15 is 0 Å². The molecule has 24 heavy (non-hydrogen) atoms. The lowest BCUT2D eigenvalue weighted by atomic mass is 10.2. The Bertz CT molecular complexity index is 772. The van der Waals surface area contributed by atoms with E-state index in [1.165, 1.54) is 16.6 Å². The maximum Gasteiger partial charge on any atom is 0.287 e. The molecule has 3 rings (SSSR count). The Kier molecular flexibility index (Phi) is 5.66. The van der Waals surface area contributed by atoms with E-state index in [4.69, 9.17) is 4.42 Å². The Labute approximate surface area is 148 Å². The van der Waals surface area contributed by atoms with Gasteiger partial charge in [-0.2, -0.15) is 0 Å². The Balaban J connectivity index is 1.51. The molecule has 124 valence electrons. The first-order valence-corrected chi connectivity index (χ1v) is 9.39. The third kappa shape index (κ3) is 4.69. The van der Waals surface area contributed by atoms with Crippen molar-refractivity contribution in [3.8, 4) is 0 Å². The summed E-state index contributed by atoms with van der Waals surface area (Å²) in [6.07, 6.45) is 4.22. The molecule has 1 amide bonds. The zero-order valence-electron chi connectivity index (χ0n) is 13.1. The first-order valence-electron chi connectivity index (χ1n) is 7.52. The van der Waals surface area contributed by atoms with Crippen LogP contribution in [0.4, 0.5) is 0 Å². The van der Waals surface area contributed by atoms with Gasteiger partial charge in [0.05, 0.1) is 5.75 Å². The molecule has 3 aromatic heterocycles. The molecule has 0 aliphatic rings. The zero-order chi connectivity index (χ0) is 16.8. The zero-order valence-corrected chi connectivity index (χ0v) is 14.8. The van der Waals surface area contributed by atoms with Gasteiger partial charge in [0.25, 0.3) is 5.91 Å². The molecule has 7 heteroatoms. The molecule has 3 heterocycles. The SMILES string of the molecule is C[C@@H](Cc1cccs1)NC(=O)c1ccc(CSc2ncccn2)o1. The lowest BCUT2D eigenvalue weighted by molar-refractivity contribution is 0.0911. The fraction of sp³-hybridized carbons (Fsp3) is 0.235. The van der Waals surface area contributed by atoms with Crippen LogP contribution in [0.3, 0.4) is 0 Å². The summed E-state index contributed by atoms with van der Waals surface area (Å²) in [4.78, 5) is 21.8. The maximum absolute atomic E-state index is 12.2. The molecule has 0 saturated heterocycles. The van der Waals surface area contributed by atoms with Gasteiger partial charge < -0.3 is 9.73 Å². The highest BCUT2D eigenvalue weighted by Gasteiger charge is 2.15. The molecule has 0 aliphatic carbocycles. The summed E-state index contributed by atoms with van der Waals surface area (Å²) in [5.74, 6) is 1.45. The van der Waals surface area contributed by atoms with Crippen molar-refractivity contribution in [3.05, 3.63) is 64.5 Å². The fourth-order valence-corrected chi connectivity index (χ4v) is 3.68. The number of nitrogens with one attached hydrogen (secondary N) is 1. The predicted octanol–water partition coefficient (Wildman–Crippen LogP) is 3.78. The second kappa shape index (κ2) is 8.12. The van der Waals surface area contributed by atoms with E-state index in [0.29, 0.717) is 16.7 Å². The van der Waals surface area contributed by atoms with Crippen molar-refractivity contribution in [2.75, 3.05) is 0 Å². The van der Waals surface area contributed by atoms with Crippen LogP contribution in [-0.4, -0.2) is 21.9 Å². The summed E-state index contributed by atoms with van der Waals surface area (Å²) in [6.45, 7) is 1.99. The van der Waals surface area contributed by atoms with Gasteiger partial charge in [0.1, 0.15) is 5.76 Å². The average Bonchev–Trinajstić information content (AvgIpc) is 3.25. The fourth-order valence-electron chi connectivity index (χ4n) is 2.15. The number of thiophene rings is 1. The molecule has 0 spiro atoms. The molecule has 0 unspecified atom stereocenters. The number of furan rings is 1. The van der Waals surface area contributed by atoms with Crippen molar-refractivity contribution in [1.29, 1.82) is 0 Å². The number of thioether (sulfide) groups is 1. The van der Waals surface area contributed by atoms with Crippen molar-refractivity contribution in [1.82, 2.24) is 15.3 Å². The van der Waals surface area contributed by atoms with Crippen LogP contribution in [0.5, 0.6) is 0 Å². The summed E-state index contributed by atoms with van der Waals surface area (Å²) < 4.78 is 5.62. The molecule has 0 aliphatic heterocycles. The van der Waals surface area contributed by atoms with Crippen molar-refractivity contribution in [3.63, 3.8) is 0 Å². The van der Waals surface area contributed by atoms with Gasteiger partial charge in [-0.25, -0.2) is 9.97 Å². The lowest BCUT2D eigenvalue weighted by Crippen LogP contribution is -2.33. The van der Waals surface area contributed by atoms with Crippen molar-refractivity contribution in [2.24, 2.45) is 0 Å². The first kappa shape index (κ1) is 16.7. The highest BCUT2D eigenvalue weighted by molar-refractivity contribution is 7.98. The van der Waals surface area contributed by atoms with E-state index < -0.39 is 0 Å². The topological polar surface area (TPSA) is 68.0 Å². The molecule has 1 atom stereocenters. The molecular weight excluding hydrogens is 342 g/mol. The molecular formula is C17H17N3O2S2. The monoisotopic (exact) mass is 359 g/mol. The van der Waals surface area contributed by atoms with E-state index in [1.54, 1.807) is 35.9 Å². The second-order valence-electron chi connectivity index (χ2n) is 5.24. The molecule has 1 N–H and O–H groups in total. The Morgan fingerprint density at radius 2 is 2.12 bits per heavy atom. The van der Waals surface area contributed by atoms with Crippen molar-refractivity contribution in [2.45, 2.75) is 30.3 Å². The van der Waals surface area contributed by atoms with Crippen LogP contribution in [0.1, 0.15) is 28.1 Å². The smallest absolute Gasteiger partial charge is 0.287 e. The van der Waals surface area contributed by atoms with Gasteiger partial charge in [0.2, 0.25) is 0 Å². The van der Waals surface area contributed by atoms with E-state index in [9.17, 15) is 4.79 Å². The van der Waals surface area contributed by atoms with E-state index in [2.05, 4.69) is 21.4 Å². The van der Waals surface area contributed by atoms with Crippen LogP contribution in [-0.2, 0) is 12.2 Å². The van der Waals surface area contributed by atoms with Gasteiger partial charge in [0.15, 0.2) is 10.9 Å². The van der Waals surface area contributed by atoms with Crippen LogP contribution in [0.2, 0.25) is 0 Å². The highest BCUT2D eigenvalue weighted by Crippen LogP contribution is 2.20. The minimum absolute atomic E-state index is 0.0526. The third-order valence-electron chi connectivity index (χ3n) is 3.24. The lowest BCUT2D eigenvalue weighted by Gasteiger charge is -2.11. The minimum Gasteiger partial charge on any atom is -0.455 e. The largest absolute Gasteiger partial charge is 0.455 e. The van der Waals surface area contributed by atoms with Gasteiger partial charge in [-0.1, -0.05) is 17.8 Å². The standard InChI is InChI=1S/C17H17N3O2S2/c1-12(10-14-4-2-9-23-14)20-16(21)15-6-5-13(22-15)11-24-17-18-7-3-8-19-17/h2-9,12H,10-11H2,1H3,(H,20,21)/t12-/m0/s1. The normalized spacial score (nSPS) is 12.0. The number of aromatic nitrogens is 2. The van der Waals surface area contributed by atoms with E-state index in [-0.39, 0.29) is 11.9 Å². The van der Waals surface area contributed by atoms with Crippen LogP contribution >= 0.6 is 23.1 Å². The molecule has 0 saturated carbocycles. The van der Waals surface area contributed by atoms with Crippen LogP contribution < -0.4 is 5.32 Å². The summed E-state index contributed by atoms with van der Waals surface area (Å²) in [5, 5.41) is 5.69. The van der Waals surface area contributed by atoms with Crippen molar-refractivity contribution >= 4 is 29.0 Å². The molecule has 0 aromatic carbocycles.